The number of nitrogens with one attached hydrogen (secondary N) is 2. The molecule has 0 bridgehead atoms. The Morgan fingerprint density at radius 3 is 2.82 bits per heavy atom. The van der Waals surface area contributed by atoms with Crippen LogP contribution in [0.4, 0.5) is 0 Å². The van der Waals surface area contributed by atoms with Gasteiger partial charge in [-0.1, -0.05) is 61.9 Å². The van der Waals surface area contributed by atoms with Crippen LogP contribution in [0.2, 0.25) is 0 Å². The maximum Gasteiger partial charge on any atom is 0.129 e. The molecule has 2 rings (SSSR count). The maximum atomic E-state index is 3.52. The van der Waals surface area contributed by atoms with Gasteiger partial charge in [-0.3, -0.25) is 5.32 Å². The van der Waals surface area contributed by atoms with Crippen molar-refractivity contribution in [1.29, 1.82) is 0 Å². The Kier molecular flexibility index (Phi) is 4.95. The lowest BCUT2D eigenvalue weighted by atomic mass is 10.2. The Morgan fingerprint density at radius 2 is 2.06 bits per heavy atom. The van der Waals surface area contributed by atoms with E-state index < -0.39 is 0 Å². The molecule has 0 saturated heterocycles. The summed E-state index contributed by atoms with van der Waals surface area (Å²) in [4.78, 5) is 0. The molecule has 1 aromatic rings. The monoisotopic (exact) mass is 248 g/mol. The van der Waals surface area contributed by atoms with Crippen LogP contribution in [0.3, 0.4) is 0 Å². The molecule has 2 nitrogen and oxygen atoms in total. The van der Waals surface area contributed by atoms with Crippen LogP contribution < -0.4 is 10.6 Å². The highest BCUT2D eigenvalue weighted by atomic mass is 32.2. The third-order valence-electron chi connectivity index (χ3n) is 2.80. The molecule has 2 N–H and O–H groups in total. The average molecular weight is 248 g/mol. The van der Waals surface area contributed by atoms with Gasteiger partial charge in [0.1, 0.15) is 5.50 Å². The van der Waals surface area contributed by atoms with E-state index >= 15 is 0 Å². The average Bonchev–Trinajstić information content (AvgIpc) is 2.85. The fraction of sp³-hybridized carbons (Fsp3) is 0.429. The quantitative estimate of drug-likeness (QED) is 0.755. The molecule has 92 valence electrons. The van der Waals surface area contributed by atoms with Crippen molar-refractivity contribution in [3.63, 3.8) is 0 Å². The summed E-state index contributed by atoms with van der Waals surface area (Å²) in [6.45, 7) is 3.33. The minimum atomic E-state index is 0.335. The molecule has 0 aromatic heterocycles. The van der Waals surface area contributed by atoms with Gasteiger partial charge < -0.3 is 5.32 Å². The molecule has 1 aromatic carbocycles. The predicted molar refractivity (Wildman–Crippen MR) is 76.5 cm³/mol. The first-order chi connectivity index (χ1) is 8.40. The van der Waals surface area contributed by atoms with E-state index in [1.54, 1.807) is 0 Å². The largest absolute Gasteiger partial charge is 0.360 e. The van der Waals surface area contributed by atoms with Gasteiger partial charge >= 0.3 is 0 Å². The van der Waals surface area contributed by atoms with Crippen LogP contribution in [0.1, 0.15) is 31.7 Å². The first kappa shape index (κ1) is 12.5. The van der Waals surface area contributed by atoms with Gasteiger partial charge in [-0.2, -0.15) is 0 Å². The van der Waals surface area contributed by atoms with Gasteiger partial charge in [0.25, 0.3) is 0 Å². The third kappa shape index (κ3) is 3.79. The van der Waals surface area contributed by atoms with E-state index in [1.807, 2.05) is 17.8 Å². The van der Waals surface area contributed by atoms with Crippen LogP contribution in [-0.2, 0) is 0 Å². The van der Waals surface area contributed by atoms with Crippen LogP contribution in [0.5, 0.6) is 0 Å². The molecule has 0 aliphatic carbocycles. The van der Waals surface area contributed by atoms with E-state index in [0.717, 1.165) is 6.54 Å². The molecule has 1 atom stereocenters. The number of benzene rings is 1. The molecule has 17 heavy (non-hydrogen) atoms. The molecule has 3 heteroatoms. The number of thioether (sulfide) groups is 1. The summed E-state index contributed by atoms with van der Waals surface area (Å²) in [5.41, 5.74) is 2.82. The van der Waals surface area contributed by atoms with Gasteiger partial charge in [0.15, 0.2) is 0 Å². The first-order valence-electron chi connectivity index (χ1n) is 6.31. The van der Waals surface area contributed by atoms with Crippen LogP contribution in [0.25, 0.3) is 5.70 Å². The van der Waals surface area contributed by atoms with E-state index in [9.17, 15) is 0 Å². The lowest BCUT2D eigenvalue weighted by Gasteiger charge is -2.14. The van der Waals surface area contributed by atoms with Crippen molar-refractivity contribution in [3.8, 4) is 0 Å². The zero-order chi connectivity index (χ0) is 11.9. The molecule has 0 amide bonds. The smallest absolute Gasteiger partial charge is 0.129 e. The van der Waals surface area contributed by atoms with Crippen LogP contribution >= 0.6 is 11.8 Å². The molecule has 1 heterocycles. The molecule has 1 unspecified atom stereocenters. The molecule has 0 fully saturated rings. The minimum Gasteiger partial charge on any atom is -0.360 e. The highest BCUT2D eigenvalue weighted by Gasteiger charge is 2.16. The number of rotatable bonds is 6. The standard InChI is InChI=1S/C14H20N2S/c1-2-3-7-10-15-14-16-13(11-17-14)12-8-5-4-6-9-12/h4-6,8-9,11,14-16H,2-3,7,10H2,1H3. The number of unbranched alkanes of at least 4 members (excludes halogenated alkanes) is 2. The minimum absolute atomic E-state index is 0.335. The van der Waals surface area contributed by atoms with Crippen molar-refractivity contribution in [2.75, 3.05) is 6.54 Å². The van der Waals surface area contributed by atoms with E-state index in [1.165, 1.54) is 30.5 Å². The second-order valence-corrected chi connectivity index (χ2v) is 5.20. The van der Waals surface area contributed by atoms with E-state index in [2.05, 4.69) is 47.2 Å². The summed E-state index contributed by atoms with van der Waals surface area (Å²) in [6, 6.07) is 10.5. The van der Waals surface area contributed by atoms with E-state index in [-0.39, 0.29) is 0 Å². The van der Waals surface area contributed by atoms with Crippen LogP contribution in [0.15, 0.2) is 35.7 Å². The normalized spacial score (nSPS) is 18.9. The first-order valence-corrected chi connectivity index (χ1v) is 7.25. The Hall–Kier alpha value is -0.930. The van der Waals surface area contributed by atoms with Crippen molar-refractivity contribution in [2.24, 2.45) is 0 Å². The second kappa shape index (κ2) is 6.72. The van der Waals surface area contributed by atoms with E-state index in [0.29, 0.717) is 5.50 Å². The van der Waals surface area contributed by atoms with Gasteiger partial charge in [0.05, 0.1) is 0 Å². The van der Waals surface area contributed by atoms with Crippen molar-refractivity contribution in [2.45, 2.75) is 31.7 Å². The lowest BCUT2D eigenvalue weighted by Crippen LogP contribution is -2.35. The molecule has 0 radical (unpaired) electrons. The van der Waals surface area contributed by atoms with Crippen LogP contribution in [-0.4, -0.2) is 12.0 Å². The number of hydrogen-bond donors (Lipinski definition) is 2. The highest BCUT2D eigenvalue weighted by molar-refractivity contribution is 8.03. The van der Waals surface area contributed by atoms with Gasteiger partial charge in [-0.05, 0) is 23.9 Å². The molecular weight excluding hydrogens is 228 g/mol. The third-order valence-corrected chi connectivity index (χ3v) is 3.73. The molecule has 1 aliphatic heterocycles. The van der Waals surface area contributed by atoms with Gasteiger partial charge in [0, 0.05) is 5.70 Å². The molecule has 0 saturated carbocycles. The Bertz CT molecular complexity index is 362. The van der Waals surface area contributed by atoms with Crippen molar-refractivity contribution in [1.82, 2.24) is 10.6 Å². The summed E-state index contributed by atoms with van der Waals surface area (Å²) < 4.78 is 0. The molecule has 0 spiro atoms. The Morgan fingerprint density at radius 1 is 1.24 bits per heavy atom. The summed E-state index contributed by atoms with van der Waals surface area (Å²) in [5.74, 6) is 0. The molecule has 1 aliphatic rings. The fourth-order valence-electron chi connectivity index (χ4n) is 1.82. The summed E-state index contributed by atoms with van der Waals surface area (Å²) >= 11 is 1.82. The molecular formula is C14H20N2S. The van der Waals surface area contributed by atoms with Crippen LogP contribution in [0, 0.1) is 0 Å². The SMILES string of the molecule is CCCCCNC1NC(c2ccccc2)=CS1. The van der Waals surface area contributed by atoms with Crippen molar-refractivity contribution < 1.29 is 0 Å². The summed E-state index contributed by atoms with van der Waals surface area (Å²) in [6.07, 6.45) is 3.85. The topological polar surface area (TPSA) is 24.1 Å². The van der Waals surface area contributed by atoms with Crippen molar-refractivity contribution >= 4 is 17.5 Å². The number of hydrogen-bond acceptors (Lipinski definition) is 3. The highest BCUT2D eigenvalue weighted by Crippen LogP contribution is 2.25. The summed E-state index contributed by atoms with van der Waals surface area (Å²) in [5, 5.41) is 9.21. The van der Waals surface area contributed by atoms with Crippen molar-refractivity contribution in [3.05, 3.63) is 41.3 Å². The zero-order valence-electron chi connectivity index (χ0n) is 10.3. The zero-order valence-corrected chi connectivity index (χ0v) is 11.1. The summed E-state index contributed by atoms with van der Waals surface area (Å²) in [7, 11) is 0. The maximum absolute atomic E-state index is 3.52. The second-order valence-electron chi connectivity index (χ2n) is 4.22. The fourth-order valence-corrected chi connectivity index (χ4v) is 2.71. The Labute approximate surface area is 108 Å². The van der Waals surface area contributed by atoms with Gasteiger partial charge in [0.2, 0.25) is 0 Å². The lowest BCUT2D eigenvalue weighted by molar-refractivity contribution is 0.578. The predicted octanol–water partition coefficient (Wildman–Crippen LogP) is 3.38. The van der Waals surface area contributed by atoms with E-state index in [4.69, 9.17) is 0 Å². The van der Waals surface area contributed by atoms with Gasteiger partial charge in [-0.15, -0.1) is 0 Å². The van der Waals surface area contributed by atoms with Gasteiger partial charge in [-0.25, -0.2) is 0 Å². The Balaban J connectivity index is 1.75.